The Kier molecular flexibility index (Phi) is 6.93. The van der Waals surface area contributed by atoms with Crippen LogP contribution in [0.5, 0.6) is 0 Å². The molecular formula is C20H23ClN4O2S. The van der Waals surface area contributed by atoms with Crippen molar-refractivity contribution in [3.05, 3.63) is 54.4 Å². The van der Waals surface area contributed by atoms with Gasteiger partial charge >= 0.3 is 0 Å². The zero-order valence-corrected chi connectivity index (χ0v) is 17.0. The molecule has 1 aromatic heterocycles. The number of hydrogen-bond donors (Lipinski definition) is 1. The highest BCUT2D eigenvalue weighted by Gasteiger charge is 2.30. The van der Waals surface area contributed by atoms with Gasteiger partial charge in [-0.25, -0.2) is 0 Å². The highest BCUT2D eigenvalue weighted by Crippen LogP contribution is 2.35. The molecule has 1 aromatic carbocycles. The van der Waals surface area contributed by atoms with Crippen molar-refractivity contribution < 1.29 is 9.59 Å². The lowest BCUT2D eigenvalue weighted by Gasteiger charge is -2.37. The molecule has 2 amide bonds. The number of fused-ring (bicyclic) bond motifs is 1. The van der Waals surface area contributed by atoms with E-state index < -0.39 is 0 Å². The van der Waals surface area contributed by atoms with Crippen LogP contribution < -0.4 is 10.2 Å². The molecule has 2 aliphatic heterocycles. The number of nitrogens with one attached hydrogen (secondary N) is 1. The standard InChI is InChI=1S/C20H22N4O2S.ClH/c25-19(24-11-9-22-13-17(24)15-4-3-8-21-12-15)7-10-23-16-5-1-2-6-18(16)27-14-20(23)26;/h1-6,8,12,17,22H,7,9-11,13-14H2;1H. The lowest BCUT2D eigenvalue weighted by Crippen LogP contribution is -2.49. The van der Waals surface area contributed by atoms with Crippen molar-refractivity contribution in [2.75, 3.05) is 36.8 Å². The van der Waals surface area contributed by atoms with Crippen molar-refractivity contribution in [2.24, 2.45) is 0 Å². The van der Waals surface area contributed by atoms with Crippen LogP contribution >= 0.6 is 24.2 Å². The summed E-state index contributed by atoms with van der Waals surface area (Å²) >= 11 is 1.56. The quantitative estimate of drug-likeness (QED) is 0.826. The molecule has 6 nitrogen and oxygen atoms in total. The molecule has 0 bridgehead atoms. The number of hydrogen-bond acceptors (Lipinski definition) is 5. The molecule has 0 aliphatic carbocycles. The Balaban J connectivity index is 0.00000225. The van der Waals surface area contributed by atoms with E-state index in [9.17, 15) is 9.59 Å². The SMILES string of the molecule is Cl.O=C1CSc2ccccc2N1CCC(=O)N1CCNCC1c1cccnc1. The first-order valence-electron chi connectivity index (χ1n) is 9.16. The second kappa shape index (κ2) is 9.41. The Morgan fingerprint density at radius 1 is 1.25 bits per heavy atom. The lowest BCUT2D eigenvalue weighted by atomic mass is 10.0. The predicted molar refractivity (Wildman–Crippen MR) is 113 cm³/mol. The molecule has 1 saturated heterocycles. The van der Waals surface area contributed by atoms with Gasteiger partial charge in [0.25, 0.3) is 0 Å². The van der Waals surface area contributed by atoms with Crippen molar-refractivity contribution in [3.8, 4) is 0 Å². The van der Waals surface area contributed by atoms with Crippen molar-refractivity contribution in [2.45, 2.75) is 17.4 Å². The number of amides is 2. The average Bonchev–Trinajstić information content (AvgIpc) is 2.73. The zero-order chi connectivity index (χ0) is 18.6. The first-order chi connectivity index (χ1) is 13.2. The van der Waals surface area contributed by atoms with Crippen LogP contribution in [0.15, 0.2) is 53.7 Å². The monoisotopic (exact) mass is 418 g/mol. The molecule has 2 aliphatic rings. The smallest absolute Gasteiger partial charge is 0.237 e. The fourth-order valence-electron chi connectivity index (χ4n) is 3.62. The van der Waals surface area contributed by atoms with Gasteiger partial charge in [-0.2, -0.15) is 0 Å². The molecule has 1 atom stereocenters. The highest BCUT2D eigenvalue weighted by molar-refractivity contribution is 8.00. The third kappa shape index (κ3) is 4.32. The van der Waals surface area contributed by atoms with Gasteiger partial charge in [-0.1, -0.05) is 18.2 Å². The molecule has 3 heterocycles. The first kappa shape index (κ1) is 20.6. The van der Waals surface area contributed by atoms with Gasteiger partial charge in [0.15, 0.2) is 0 Å². The summed E-state index contributed by atoms with van der Waals surface area (Å²) in [5.74, 6) is 0.571. The molecule has 0 saturated carbocycles. The number of para-hydroxylation sites is 1. The van der Waals surface area contributed by atoms with Crippen LogP contribution in [0.4, 0.5) is 5.69 Å². The van der Waals surface area contributed by atoms with Crippen molar-refractivity contribution in [1.82, 2.24) is 15.2 Å². The number of aromatic nitrogens is 1. The number of rotatable bonds is 4. The summed E-state index contributed by atoms with van der Waals surface area (Å²) in [6.45, 7) is 2.59. The number of anilines is 1. The normalized spacial score (nSPS) is 19.0. The number of thioether (sulfide) groups is 1. The Labute approximate surface area is 175 Å². The van der Waals surface area contributed by atoms with E-state index in [0.29, 0.717) is 25.3 Å². The molecule has 1 N–H and O–H groups in total. The van der Waals surface area contributed by atoms with E-state index in [1.807, 2.05) is 47.5 Å². The van der Waals surface area contributed by atoms with E-state index in [-0.39, 0.29) is 30.3 Å². The molecule has 8 heteroatoms. The Morgan fingerprint density at radius 3 is 2.93 bits per heavy atom. The second-order valence-electron chi connectivity index (χ2n) is 6.65. The van der Waals surface area contributed by atoms with Crippen LogP contribution in [0.25, 0.3) is 0 Å². The van der Waals surface area contributed by atoms with Crippen LogP contribution in [0.2, 0.25) is 0 Å². The maximum atomic E-state index is 13.0. The molecule has 0 spiro atoms. The number of carbonyl (C=O) groups is 2. The Hall–Kier alpha value is -2.09. The molecule has 1 fully saturated rings. The van der Waals surface area contributed by atoms with Crippen molar-refractivity contribution in [3.63, 3.8) is 0 Å². The highest BCUT2D eigenvalue weighted by atomic mass is 35.5. The van der Waals surface area contributed by atoms with Crippen LogP contribution in [0, 0.1) is 0 Å². The molecule has 2 aromatic rings. The van der Waals surface area contributed by atoms with Gasteiger partial charge in [-0.3, -0.25) is 14.6 Å². The number of nitrogens with zero attached hydrogens (tertiary/aromatic N) is 3. The number of halogens is 1. The van der Waals surface area contributed by atoms with Gasteiger partial charge < -0.3 is 15.1 Å². The summed E-state index contributed by atoms with van der Waals surface area (Å²) < 4.78 is 0. The molecule has 1 unspecified atom stereocenters. The molecule has 148 valence electrons. The second-order valence-corrected chi connectivity index (χ2v) is 7.66. The third-order valence-electron chi connectivity index (χ3n) is 4.99. The van der Waals surface area contributed by atoms with Gasteiger partial charge in [0, 0.05) is 49.9 Å². The number of benzene rings is 1. The molecular weight excluding hydrogens is 396 g/mol. The van der Waals surface area contributed by atoms with Gasteiger partial charge in [0.2, 0.25) is 11.8 Å². The third-order valence-corrected chi connectivity index (χ3v) is 6.04. The maximum Gasteiger partial charge on any atom is 0.237 e. The fraction of sp³-hybridized carbons (Fsp3) is 0.350. The lowest BCUT2D eigenvalue weighted by molar-refractivity contribution is -0.134. The van der Waals surface area contributed by atoms with Crippen LogP contribution in [0.3, 0.4) is 0 Å². The van der Waals surface area contributed by atoms with Crippen LogP contribution in [0.1, 0.15) is 18.0 Å². The summed E-state index contributed by atoms with van der Waals surface area (Å²) in [7, 11) is 0. The minimum atomic E-state index is -0.0140. The van der Waals surface area contributed by atoms with Crippen LogP contribution in [-0.4, -0.2) is 53.6 Å². The van der Waals surface area contributed by atoms with E-state index in [0.717, 1.165) is 29.2 Å². The van der Waals surface area contributed by atoms with Crippen molar-refractivity contribution in [1.29, 1.82) is 0 Å². The molecule has 4 rings (SSSR count). The summed E-state index contributed by atoms with van der Waals surface area (Å²) in [4.78, 5) is 34.3. The van der Waals surface area contributed by atoms with E-state index in [2.05, 4.69) is 10.3 Å². The summed E-state index contributed by atoms with van der Waals surface area (Å²) in [5, 5.41) is 3.35. The van der Waals surface area contributed by atoms with Crippen LogP contribution in [-0.2, 0) is 9.59 Å². The van der Waals surface area contributed by atoms with E-state index in [1.165, 1.54) is 0 Å². The van der Waals surface area contributed by atoms with E-state index in [1.54, 1.807) is 22.9 Å². The number of carbonyl (C=O) groups excluding carboxylic acids is 2. The van der Waals surface area contributed by atoms with Gasteiger partial charge in [0.05, 0.1) is 17.5 Å². The number of pyridine rings is 1. The zero-order valence-electron chi connectivity index (χ0n) is 15.4. The Morgan fingerprint density at radius 2 is 2.11 bits per heavy atom. The van der Waals surface area contributed by atoms with E-state index >= 15 is 0 Å². The summed E-state index contributed by atoms with van der Waals surface area (Å²) in [5.41, 5.74) is 1.95. The Bertz CT molecular complexity index is 836. The predicted octanol–water partition coefficient (Wildman–Crippen LogP) is 2.51. The van der Waals surface area contributed by atoms with Crippen molar-refractivity contribution >= 4 is 41.7 Å². The first-order valence-corrected chi connectivity index (χ1v) is 10.1. The summed E-state index contributed by atoms with van der Waals surface area (Å²) in [6, 6.07) is 11.8. The summed E-state index contributed by atoms with van der Waals surface area (Å²) in [6.07, 6.45) is 3.88. The van der Waals surface area contributed by atoms with Gasteiger partial charge in [-0.05, 0) is 23.8 Å². The molecule has 28 heavy (non-hydrogen) atoms. The minimum absolute atomic E-state index is 0. The fourth-order valence-corrected chi connectivity index (χ4v) is 4.56. The van der Waals surface area contributed by atoms with E-state index in [4.69, 9.17) is 0 Å². The van der Waals surface area contributed by atoms with Gasteiger partial charge in [-0.15, -0.1) is 24.2 Å². The number of piperazine rings is 1. The average molecular weight is 419 g/mol. The largest absolute Gasteiger partial charge is 0.333 e. The minimum Gasteiger partial charge on any atom is -0.333 e. The maximum absolute atomic E-state index is 13.0. The molecule has 0 radical (unpaired) electrons. The van der Waals surface area contributed by atoms with Gasteiger partial charge in [0.1, 0.15) is 0 Å². The topological polar surface area (TPSA) is 65.5 Å².